The maximum atomic E-state index is 12.9. The molecule has 1 aliphatic rings. The number of hydrogen-bond donors (Lipinski definition) is 1. The van der Waals surface area contributed by atoms with Gasteiger partial charge >= 0.3 is 0 Å². The molecule has 0 fully saturated rings. The third-order valence-electron chi connectivity index (χ3n) is 4.82. The second-order valence-electron chi connectivity index (χ2n) is 6.57. The van der Waals surface area contributed by atoms with Gasteiger partial charge in [-0.25, -0.2) is 4.68 Å². The number of halogens is 1. The molecule has 1 amide bonds. The molecule has 1 aromatic heterocycles. The molecule has 27 heavy (non-hydrogen) atoms. The molecule has 4 rings (SSSR count). The zero-order valence-corrected chi connectivity index (χ0v) is 17.4. The summed E-state index contributed by atoms with van der Waals surface area (Å²) in [7, 11) is -0.973. The van der Waals surface area contributed by atoms with Gasteiger partial charge in [0.05, 0.1) is 28.5 Å². The Morgan fingerprint density at radius 1 is 1.15 bits per heavy atom. The van der Waals surface area contributed by atoms with E-state index in [9.17, 15) is 9.00 Å². The highest BCUT2D eigenvalue weighted by molar-refractivity contribution is 9.10. The van der Waals surface area contributed by atoms with Crippen LogP contribution in [0.5, 0.6) is 0 Å². The first-order chi connectivity index (χ1) is 13.0. The maximum Gasteiger partial charge on any atom is 0.257 e. The number of nitrogens with zero attached hydrogens (tertiary/aromatic N) is 2. The van der Waals surface area contributed by atoms with Gasteiger partial charge in [0.15, 0.2) is 0 Å². The minimum atomic E-state index is -0.973. The normalized spacial score (nSPS) is 15.6. The quantitative estimate of drug-likeness (QED) is 0.657. The van der Waals surface area contributed by atoms with Crippen LogP contribution >= 0.6 is 15.9 Å². The summed E-state index contributed by atoms with van der Waals surface area (Å²) >= 11 is 3.43. The van der Waals surface area contributed by atoms with Crippen LogP contribution in [-0.2, 0) is 22.3 Å². The molecule has 0 bridgehead atoms. The van der Waals surface area contributed by atoms with Crippen LogP contribution in [0.1, 0.15) is 32.7 Å². The number of carbonyl (C=O) groups excluding carboxylic acids is 1. The largest absolute Gasteiger partial charge is 0.306 e. The van der Waals surface area contributed by atoms with Crippen LogP contribution in [0.15, 0.2) is 46.9 Å². The summed E-state index contributed by atoms with van der Waals surface area (Å²) in [5, 5.41) is 7.69. The molecule has 2 aromatic carbocycles. The Morgan fingerprint density at radius 2 is 1.93 bits per heavy atom. The Bertz CT molecular complexity index is 1090. The number of benzene rings is 2. The summed E-state index contributed by atoms with van der Waals surface area (Å²) in [6.07, 6.45) is 0. The first-order valence-electron chi connectivity index (χ1n) is 8.54. The zero-order valence-electron chi connectivity index (χ0n) is 15.0. The fourth-order valence-electron chi connectivity index (χ4n) is 3.22. The molecule has 5 nitrogen and oxygen atoms in total. The van der Waals surface area contributed by atoms with Gasteiger partial charge in [-0.2, -0.15) is 5.10 Å². The topological polar surface area (TPSA) is 64.0 Å². The molecular formula is C20H18BrN3O2S. The lowest BCUT2D eigenvalue weighted by Crippen LogP contribution is -2.17. The highest BCUT2D eigenvalue weighted by Gasteiger charge is 2.29. The Hall–Kier alpha value is -2.25. The van der Waals surface area contributed by atoms with E-state index in [2.05, 4.69) is 26.3 Å². The summed E-state index contributed by atoms with van der Waals surface area (Å²) < 4.78 is 14.5. The van der Waals surface area contributed by atoms with Crippen LogP contribution in [0.25, 0.3) is 5.69 Å². The van der Waals surface area contributed by atoms with Crippen molar-refractivity contribution in [3.63, 3.8) is 0 Å². The van der Waals surface area contributed by atoms with Crippen molar-refractivity contribution in [3.8, 4) is 5.69 Å². The Labute approximate surface area is 168 Å². The summed E-state index contributed by atoms with van der Waals surface area (Å²) in [6, 6.07) is 13.3. The number of aromatic nitrogens is 2. The van der Waals surface area contributed by atoms with Crippen molar-refractivity contribution in [1.82, 2.24) is 9.78 Å². The van der Waals surface area contributed by atoms with Crippen molar-refractivity contribution in [2.75, 3.05) is 5.32 Å². The van der Waals surface area contributed by atoms with Gasteiger partial charge < -0.3 is 5.32 Å². The fourth-order valence-corrected chi connectivity index (χ4v) is 4.94. The lowest BCUT2D eigenvalue weighted by molar-refractivity contribution is 0.102. The number of aryl methyl sites for hydroxylation is 1. The van der Waals surface area contributed by atoms with E-state index in [4.69, 9.17) is 0 Å². The van der Waals surface area contributed by atoms with Crippen molar-refractivity contribution in [3.05, 3.63) is 74.9 Å². The number of nitrogens with one attached hydrogen (secondary N) is 1. The number of carbonyl (C=O) groups is 1. The van der Waals surface area contributed by atoms with Gasteiger partial charge in [-0.05, 0) is 59.1 Å². The van der Waals surface area contributed by atoms with E-state index < -0.39 is 10.8 Å². The second kappa shape index (κ2) is 7.05. The van der Waals surface area contributed by atoms with Crippen LogP contribution in [-0.4, -0.2) is 19.9 Å². The minimum absolute atomic E-state index is 0.227. The van der Waals surface area contributed by atoms with E-state index in [1.165, 1.54) is 0 Å². The predicted molar refractivity (Wildman–Crippen MR) is 111 cm³/mol. The number of anilines is 1. The van der Waals surface area contributed by atoms with E-state index in [1.807, 2.05) is 50.2 Å². The molecule has 0 aliphatic carbocycles. The Kier molecular flexibility index (Phi) is 4.74. The van der Waals surface area contributed by atoms with Gasteiger partial charge in [-0.3, -0.25) is 9.00 Å². The van der Waals surface area contributed by atoms with Gasteiger partial charge in [-0.1, -0.05) is 24.3 Å². The van der Waals surface area contributed by atoms with Gasteiger partial charge in [0.2, 0.25) is 0 Å². The van der Waals surface area contributed by atoms with Crippen LogP contribution in [0.3, 0.4) is 0 Å². The number of rotatable bonds is 3. The lowest BCUT2D eigenvalue weighted by atomic mass is 10.1. The third kappa shape index (κ3) is 3.26. The predicted octanol–water partition coefficient (Wildman–Crippen LogP) is 4.27. The van der Waals surface area contributed by atoms with E-state index in [1.54, 1.807) is 10.7 Å². The highest BCUT2D eigenvalue weighted by Crippen LogP contribution is 2.33. The molecule has 138 valence electrons. The summed E-state index contributed by atoms with van der Waals surface area (Å²) in [5.74, 6) is 1.20. The van der Waals surface area contributed by atoms with Crippen molar-refractivity contribution < 1.29 is 9.00 Å². The van der Waals surface area contributed by atoms with E-state index in [0.717, 1.165) is 32.5 Å². The first-order valence-corrected chi connectivity index (χ1v) is 10.8. The highest BCUT2D eigenvalue weighted by atomic mass is 79.9. The summed E-state index contributed by atoms with van der Waals surface area (Å²) in [6.45, 7) is 4.08. The molecule has 3 aromatic rings. The molecule has 2 heterocycles. The molecule has 0 radical (unpaired) electrons. The SMILES string of the molecule is Cc1cccc(-n2nc3c(c2NC(=O)c2ccccc2Br)CS(=O)C3)c1C. The number of hydrogen-bond acceptors (Lipinski definition) is 3. The Balaban J connectivity index is 1.82. The van der Waals surface area contributed by atoms with Crippen molar-refractivity contribution in [1.29, 1.82) is 0 Å². The summed E-state index contributed by atoms with van der Waals surface area (Å²) in [5.41, 5.74) is 5.34. The van der Waals surface area contributed by atoms with Gasteiger partial charge in [0.1, 0.15) is 5.82 Å². The van der Waals surface area contributed by atoms with E-state index in [0.29, 0.717) is 22.9 Å². The molecule has 0 spiro atoms. The second-order valence-corrected chi connectivity index (χ2v) is 8.88. The van der Waals surface area contributed by atoms with E-state index in [-0.39, 0.29) is 5.91 Å². The van der Waals surface area contributed by atoms with Gasteiger partial charge in [-0.15, -0.1) is 0 Å². The Morgan fingerprint density at radius 3 is 2.70 bits per heavy atom. The van der Waals surface area contributed by atoms with E-state index >= 15 is 0 Å². The van der Waals surface area contributed by atoms with Crippen LogP contribution < -0.4 is 5.32 Å². The average Bonchev–Trinajstić information content (AvgIpc) is 3.15. The molecule has 0 saturated carbocycles. The van der Waals surface area contributed by atoms with Crippen LogP contribution in [0.2, 0.25) is 0 Å². The van der Waals surface area contributed by atoms with Crippen molar-refractivity contribution in [2.24, 2.45) is 0 Å². The maximum absolute atomic E-state index is 12.9. The molecule has 1 aliphatic heterocycles. The standard InChI is InChI=1S/C20H18BrN3O2S/c1-12-6-5-9-18(13(12)2)24-19(15-10-27(26)11-17(15)23-24)22-20(25)14-7-3-4-8-16(14)21/h3-9H,10-11H2,1-2H3,(H,22,25). The van der Waals surface area contributed by atoms with Crippen LogP contribution in [0, 0.1) is 13.8 Å². The van der Waals surface area contributed by atoms with Crippen molar-refractivity contribution in [2.45, 2.75) is 25.4 Å². The average molecular weight is 444 g/mol. The molecular weight excluding hydrogens is 426 g/mol. The minimum Gasteiger partial charge on any atom is -0.306 e. The molecule has 1 atom stereocenters. The van der Waals surface area contributed by atoms with Crippen LogP contribution in [0.4, 0.5) is 5.82 Å². The lowest BCUT2D eigenvalue weighted by Gasteiger charge is -2.14. The molecule has 0 saturated heterocycles. The molecule has 1 N–H and O–H groups in total. The van der Waals surface area contributed by atoms with Gasteiger partial charge in [0.25, 0.3) is 5.91 Å². The molecule has 7 heteroatoms. The van der Waals surface area contributed by atoms with Gasteiger partial charge in [0, 0.05) is 20.8 Å². The first kappa shape index (κ1) is 18.1. The smallest absolute Gasteiger partial charge is 0.257 e. The molecule has 1 unspecified atom stereocenters. The fraction of sp³-hybridized carbons (Fsp3) is 0.200. The third-order valence-corrected chi connectivity index (χ3v) is 6.72. The monoisotopic (exact) mass is 443 g/mol. The summed E-state index contributed by atoms with van der Waals surface area (Å²) in [4.78, 5) is 12.9. The van der Waals surface area contributed by atoms with Crippen molar-refractivity contribution >= 4 is 38.5 Å². The zero-order chi connectivity index (χ0) is 19.1. The number of fused-ring (bicyclic) bond motifs is 1. The number of amides is 1.